The van der Waals surface area contributed by atoms with Gasteiger partial charge in [-0.05, 0) is 23.8 Å². The predicted molar refractivity (Wildman–Crippen MR) is 72.7 cm³/mol. The van der Waals surface area contributed by atoms with Crippen molar-refractivity contribution < 1.29 is 14.6 Å². The van der Waals surface area contributed by atoms with E-state index in [4.69, 9.17) is 4.74 Å². The number of carbonyl (C=O) groups excluding carboxylic acids is 1. The van der Waals surface area contributed by atoms with Crippen LogP contribution in [0.3, 0.4) is 0 Å². The molecule has 0 bridgehead atoms. The second-order valence-corrected chi connectivity index (χ2v) is 5.69. The van der Waals surface area contributed by atoms with Gasteiger partial charge in [-0.25, -0.2) is 4.79 Å². The molecule has 102 valence electrons. The average Bonchev–Trinajstić information content (AvgIpc) is 2.86. The van der Waals surface area contributed by atoms with Crippen molar-refractivity contribution in [3.63, 3.8) is 0 Å². The molecule has 1 rings (SSSR count). The zero-order chi connectivity index (χ0) is 13.5. The number of rotatable bonds is 6. The zero-order valence-corrected chi connectivity index (χ0v) is 11.9. The number of thiophene rings is 1. The van der Waals surface area contributed by atoms with Gasteiger partial charge >= 0.3 is 6.09 Å². The van der Waals surface area contributed by atoms with E-state index in [1.165, 1.54) is 16.2 Å². The summed E-state index contributed by atoms with van der Waals surface area (Å²) in [4.78, 5) is 14.0. The first kappa shape index (κ1) is 15.0. The summed E-state index contributed by atoms with van der Waals surface area (Å²) < 4.78 is 5.10. The first-order valence-corrected chi connectivity index (χ1v) is 6.98. The number of aliphatic hydroxyl groups excluding tert-OH is 1. The summed E-state index contributed by atoms with van der Waals surface area (Å²) in [6.07, 6.45) is -0.319. The quantitative estimate of drug-likeness (QED) is 0.865. The van der Waals surface area contributed by atoms with E-state index in [1.807, 2.05) is 31.4 Å². The van der Waals surface area contributed by atoms with Crippen LogP contribution in [0.1, 0.15) is 31.2 Å². The van der Waals surface area contributed by atoms with E-state index in [1.54, 1.807) is 7.05 Å². The summed E-state index contributed by atoms with van der Waals surface area (Å²) in [6.45, 7) is 4.90. The van der Waals surface area contributed by atoms with Crippen LogP contribution in [-0.2, 0) is 4.74 Å². The molecule has 4 nitrogen and oxygen atoms in total. The third kappa shape index (κ3) is 5.06. The average molecular weight is 271 g/mol. The maximum absolute atomic E-state index is 11.6. The second kappa shape index (κ2) is 7.38. The van der Waals surface area contributed by atoms with E-state index >= 15 is 0 Å². The Morgan fingerprint density at radius 3 is 2.83 bits per heavy atom. The van der Waals surface area contributed by atoms with E-state index in [0.29, 0.717) is 25.5 Å². The Morgan fingerprint density at radius 2 is 2.28 bits per heavy atom. The van der Waals surface area contributed by atoms with Crippen LogP contribution in [0.2, 0.25) is 0 Å². The summed E-state index contributed by atoms with van der Waals surface area (Å²) in [5.74, 6) is 0.332. The number of hydrogen-bond acceptors (Lipinski definition) is 4. The van der Waals surface area contributed by atoms with E-state index in [0.717, 1.165) is 4.88 Å². The van der Waals surface area contributed by atoms with Crippen molar-refractivity contribution in [2.45, 2.75) is 26.4 Å². The maximum atomic E-state index is 11.6. The van der Waals surface area contributed by atoms with Gasteiger partial charge in [-0.15, -0.1) is 11.3 Å². The standard InChI is InChI=1S/C13H21NO3S/c1-10(2)9-17-13(16)14(3)7-6-11(15)12-5-4-8-18-12/h4-5,8,10-11,15H,6-7,9H2,1-3H3. The Balaban J connectivity index is 2.28. The molecule has 0 aliphatic rings. The molecule has 0 spiro atoms. The fourth-order valence-corrected chi connectivity index (χ4v) is 2.12. The van der Waals surface area contributed by atoms with Gasteiger partial charge in [0.1, 0.15) is 0 Å². The fourth-order valence-electron chi connectivity index (χ4n) is 1.38. The molecule has 0 saturated heterocycles. The monoisotopic (exact) mass is 271 g/mol. The van der Waals surface area contributed by atoms with Gasteiger partial charge in [0.2, 0.25) is 0 Å². The lowest BCUT2D eigenvalue weighted by Crippen LogP contribution is -2.30. The van der Waals surface area contributed by atoms with Gasteiger partial charge in [-0.3, -0.25) is 0 Å². The number of hydrogen-bond donors (Lipinski definition) is 1. The van der Waals surface area contributed by atoms with E-state index in [9.17, 15) is 9.90 Å². The Labute approximate surface area is 112 Å². The Kier molecular flexibility index (Phi) is 6.15. The second-order valence-electron chi connectivity index (χ2n) is 4.71. The lowest BCUT2D eigenvalue weighted by atomic mass is 10.2. The van der Waals surface area contributed by atoms with Gasteiger partial charge in [0.25, 0.3) is 0 Å². The number of aliphatic hydroxyl groups is 1. The van der Waals surface area contributed by atoms with Crippen LogP contribution in [0, 0.1) is 5.92 Å². The molecule has 0 aliphatic heterocycles. The van der Waals surface area contributed by atoms with Crippen LogP contribution >= 0.6 is 11.3 Å². The minimum Gasteiger partial charge on any atom is -0.449 e. The van der Waals surface area contributed by atoms with Gasteiger partial charge in [0.05, 0.1) is 12.7 Å². The number of nitrogens with zero attached hydrogens (tertiary/aromatic N) is 1. The van der Waals surface area contributed by atoms with Crippen LogP contribution in [-0.4, -0.2) is 36.3 Å². The van der Waals surface area contributed by atoms with Crippen LogP contribution in [0.25, 0.3) is 0 Å². The third-order valence-electron chi connectivity index (χ3n) is 2.46. The smallest absolute Gasteiger partial charge is 0.409 e. The molecule has 1 atom stereocenters. The van der Waals surface area contributed by atoms with Crippen molar-refractivity contribution in [3.8, 4) is 0 Å². The van der Waals surface area contributed by atoms with Crippen LogP contribution < -0.4 is 0 Å². The molecular formula is C13H21NO3S. The lowest BCUT2D eigenvalue weighted by molar-refractivity contribution is 0.0918. The molecule has 18 heavy (non-hydrogen) atoms. The summed E-state index contributed by atoms with van der Waals surface area (Å²) >= 11 is 1.52. The first-order chi connectivity index (χ1) is 8.50. The molecule has 0 saturated carbocycles. The van der Waals surface area contributed by atoms with Gasteiger partial charge in [0.15, 0.2) is 0 Å². The summed E-state index contributed by atoms with van der Waals surface area (Å²) in [7, 11) is 1.68. The maximum Gasteiger partial charge on any atom is 0.409 e. The highest BCUT2D eigenvalue weighted by Gasteiger charge is 2.14. The number of ether oxygens (including phenoxy) is 1. The van der Waals surface area contributed by atoms with Crippen LogP contribution in [0.5, 0.6) is 0 Å². The van der Waals surface area contributed by atoms with Gasteiger partial charge in [-0.1, -0.05) is 19.9 Å². The fraction of sp³-hybridized carbons (Fsp3) is 0.615. The van der Waals surface area contributed by atoms with Gasteiger partial charge in [0, 0.05) is 18.5 Å². The van der Waals surface area contributed by atoms with Gasteiger partial charge < -0.3 is 14.7 Å². The minimum absolute atomic E-state index is 0.331. The zero-order valence-electron chi connectivity index (χ0n) is 11.1. The highest BCUT2D eigenvalue weighted by atomic mass is 32.1. The van der Waals surface area contributed by atoms with E-state index in [-0.39, 0.29) is 6.09 Å². The minimum atomic E-state index is -0.509. The summed E-state index contributed by atoms with van der Waals surface area (Å²) in [5, 5.41) is 11.8. The van der Waals surface area contributed by atoms with E-state index in [2.05, 4.69) is 0 Å². The lowest BCUT2D eigenvalue weighted by Gasteiger charge is -2.19. The Hall–Kier alpha value is -1.07. The first-order valence-electron chi connectivity index (χ1n) is 6.10. The molecule has 0 radical (unpaired) electrons. The van der Waals surface area contributed by atoms with Crippen molar-refractivity contribution in [1.29, 1.82) is 0 Å². The molecular weight excluding hydrogens is 250 g/mol. The highest BCUT2D eigenvalue weighted by Crippen LogP contribution is 2.21. The highest BCUT2D eigenvalue weighted by molar-refractivity contribution is 7.10. The molecule has 1 heterocycles. The van der Waals surface area contributed by atoms with Crippen LogP contribution in [0.4, 0.5) is 4.79 Å². The summed E-state index contributed by atoms with van der Waals surface area (Å²) in [5.41, 5.74) is 0. The number of carbonyl (C=O) groups is 1. The van der Waals surface area contributed by atoms with Crippen LogP contribution in [0.15, 0.2) is 17.5 Å². The third-order valence-corrected chi connectivity index (χ3v) is 3.43. The molecule has 1 aromatic rings. The molecule has 0 aromatic carbocycles. The molecule has 1 N–H and O–H groups in total. The van der Waals surface area contributed by atoms with Crippen molar-refractivity contribution in [2.24, 2.45) is 5.92 Å². The number of amides is 1. The molecule has 5 heteroatoms. The SMILES string of the molecule is CC(C)COC(=O)N(C)CCC(O)c1cccs1. The largest absolute Gasteiger partial charge is 0.449 e. The topological polar surface area (TPSA) is 49.8 Å². The predicted octanol–water partition coefficient (Wildman–Crippen LogP) is 2.90. The van der Waals surface area contributed by atoms with Gasteiger partial charge in [-0.2, -0.15) is 0 Å². The van der Waals surface area contributed by atoms with Crippen molar-refractivity contribution >= 4 is 17.4 Å². The molecule has 0 aliphatic carbocycles. The molecule has 1 amide bonds. The Morgan fingerprint density at radius 1 is 1.56 bits per heavy atom. The molecule has 1 aromatic heterocycles. The normalized spacial score (nSPS) is 12.5. The van der Waals surface area contributed by atoms with Crippen molar-refractivity contribution in [3.05, 3.63) is 22.4 Å². The molecule has 1 unspecified atom stereocenters. The van der Waals surface area contributed by atoms with Crippen molar-refractivity contribution in [2.75, 3.05) is 20.2 Å². The van der Waals surface area contributed by atoms with Crippen molar-refractivity contribution in [1.82, 2.24) is 4.90 Å². The van der Waals surface area contributed by atoms with E-state index < -0.39 is 6.10 Å². The summed E-state index contributed by atoms with van der Waals surface area (Å²) in [6, 6.07) is 3.80. The Bertz CT molecular complexity index is 351. The molecule has 0 fully saturated rings.